The average molecular weight is 436 g/mol. The number of ether oxygens (including phenoxy) is 3. The molecule has 0 radical (unpaired) electrons. The van der Waals surface area contributed by atoms with E-state index in [1.54, 1.807) is 18.4 Å². The minimum atomic E-state index is 0.261. The number of nitrogens with zero attached hydrogens (tertiary/aromatic N) is 3. The maximum atomic E-state index is 5.61. The Morgan fingerprint density at radius 1 is 1.06 bits per heavy atom. The zero-order valence-corrected chi connectivity index (χ0v) is 18.3. The van der Waals surface area contributed by atoms with Crippen LogP contribution in [0.5, 0.6) is 17.2 Å². The Morgan fingerprint density at radius 2 is 1.90 bits per heavy atom. The molecule has 0 saturated heterocycles. The molecule has 1 saturated carbocycles. The van der Waals surface area contributed by atoms with Gasteiger partial charge in [-0.2, -0.15) is 5.10 Å². The lowest BCUT2D eigenvalue weighted by molar-refractivity contribution is 0.174. The monoisotopic (exact) mass is 435 g/mol. The molecule has 6 nitrogen and oxygen atoms in total. The van der Waals surface area contributed by atoms with E-state index in [1.165, 1.54) is 19.3 Å². The van der Waals surface area contributed by atoms with Gasteiger partial charge in [-0.05, 0) is 48.7 Å². The summed E-state index contributed by atoms with van der Waals surface area (Å²) in [5.74, 6) is 2.33. The molecule has 0 amide bonds. The average Bonchev–Trinajstić information content (AvgIpc) is 3.44. The van der Waals surface area contributed by atoms with Crippen molar-refractivity contribution in [2.45, 2.75) is 38.1 Å². The van der Waals surface area contributed by atoms with E-state index in [2.05, 4.69) is 11.4 Å². The van der Waals surface area contributed by atoms with Crippen molar-refractivity contribution in [1.29, 1.82) is 0 Å². The van der Waals surface area contributed by atoms with Gasteiger partial charge in [0.2, 0.25) is 11.6 Å². The number of methoxy groups -OCH3 is 1. The van der Waals surface area contributed by atoms with Crippen LogP contribution in [0.3, 0.4) is 0 Å². The molecular formula is C24H25N3O3S. The second-order valence-corrected chi connectivity index (χ2v) is 8.53. The second kappa shape index (κ2) is 8.98. The van der Waals surface area contributed by atoms with Crippen LogP contribution in [0.15, 0.2) is 57.9 Å². The van der Waals surface area contributed by atoms with Crippen LogP contribution in [0, 0.1) is 0 Å². The van der Waals surface area contributed by atoms with E-state index in [4.69, 9.17) is 24.3 Å². The summed E-state index contributed by atoms with van der Waals surface area (Å²) in [7, 11) is 1.69. The van der Waals surface area contributed by atoms with Crippen molar-refractivity contribution < 1.29 is 14.2 Å². The molecule has 3 aromatic rings. The Kier molecular flexibility index (Phi) is 5.76. The van der Waals surface area contributed by atoms with Crippen LogP contribution in [0.1, 0.15) is 37.7 Å². The van der Waals surface area contributed by atoms with Gasteiger partial charge in [-0.25, -0.2) is 4.68 Å². The van der Waals surface area contributed by atoms with Gasteiger partial charge in [-0.15, -0.1) is 11.3 Å². The molecule has 1 aliphatic carbocycles. The molecule has 5 rings (SSSR count). The lowest BCUT2D eigenvalue weighted by Gasteiger charge is -2.17. The highest BCUT2D eigenvalue weighted by molar-refractivity contribution is 7.07. The first-order valence-corrected chi connectivity index (χ1v) is 11.5. The van der Waals surface area contributed by atoms with Crippen LogP contribution in [0.2, 0.25) is 0 Å². The largest absolute Gasteiger partial charge is 0.496 e. The summed E-state index contributed by atoms with van der Waals surface area (Å²) in [6.07, 6.45) is 7.94. The fraction of sp³-hybridized carbons (Fsp3) is 0.333. The molecule has 0 unspecified atom stereocenters. The Hall–Kier alpha value is -3.06. The van der Waals surface area contributed by atoms with Gasteiger partial charge >= 0.3 is 0 Å². The van der Waals surface area contributed by atoms with Crippen LogP contribution < -0.4 is 19.0 Å². The highest BCUT2D eigenvalue weighted by Crippen LogP contribution is 2.33. The highest BCUT2D eigenvalue weighted by Gasteiger charge is 2.16. The molecule has 0 N–H and O–H groups in total. The SMILES string of the molecule is COc1ccccc1-c1csc(=NC2CCCCC2)n1N=Cc1ccc2c(c1)OCO2. The topological polar surface area (TPSA) is 57.3 Å². The van der Waals surface area contributed by atoms with Crippen molar-refractivity contribution >= 4 is 17.6 Å². The van der Waals surface area contributed by atoms with Crippen molar-refractivity contribution in [3.05, 3.63) is 58.2 Å². The minimum Gasteiger partial charge on any atom is -0.496 e. The molecule has 1 aliphatic heterocycles. The summed E-state index contributed by atoms with van der Waals surface area (Å²) in [4.78, 5) is 5.98. The Morgan fingerprint density at radius 3 is 2.77 bits per heavy atom. The highest BCUT2D eigenvalue weighted by atomic mass is 32.1. The molecule has 1 aromatic heterocycles. The van der Waals surface area contributed by atoms with Crippen molar-refractivity contribution in [3.63, 3.8) is 0 Å². The third-order valence-electron chi connectivity index (χ3n) is 5.65. The van der Waals surface area contributed by atoms with Crippen molar-refractivity contribution in [2.24, 2.45) is 10.1 Å². The van der Waals surface area contributed by atoms with E-state index in [-0.39, 0.29) is 6.79 Å². The van der Waals surface area contributed by atoms with E-state index in [9.17, 15) is 0 Å². The van der Waals surface area contributed by atoms with Crippen molar-refractivity contribution in [2.75, 3.05) is 13.9 Å². The van der Waals surface area contributed by atoms with E-state index in [0.717, 1.165) is 51.7 Å². The molecule has 0 spiro atoms. The summed E-state index contributed by atoms with van der Waals surface area (Å²) < 4.78 is 18.4. The van der Waals surface area contributed by atoms with E-state index in [0.29, 0.717) is 6.04 Å². The van der Waals surface area contributed by atoms with Crippen LogP contribution >= 0.6 is 11.3 Å². The lowest BCUT2D eigenvalue weighted by atomic mass is 9.96. The second-order valence-electron chi connectivity index (χ2n) is 7.69. The Balaban J connectivity index is 1.57. The third-order valence-corrected chi connectivity index (χ3v) is 6.49. The maximum Gasteiger partial charge on any atom is 0.231 e. The fourth-order valence-electron chi connectivity index (χ4n) is 4.03. The molecule has 1 fully saturated rings. The molecule has 2 heterocycles. The van der Waals surface area contributed by atoms with Crippen molar-refractivity contribution in [1.82, 2.24) is 4.68 Å². The normalized spacial score (nSPS) is 16.9. The van der Waals surface area contributed by atoms with Gasteiger partial charge in [0.05, 0.1) is 25.1 Å². The smallest absolute Gasteiger partial charge is 0.231 e. The first-order chi connectivity index (χ1) is 15.3. The number of hydrogen-bond donors (Lipinski definition) is 0. The predicted molar refractivity (Wildman–Crippen MR) is 122 cm³/mol. The van der Waals surface area contributed by atoms with Gasteiger partial charge in [0, 0.05) is 10.9 Å². The summed E-state index contributed by atoms with van der Waals surface area (Å²) >= 11 is 1.62. The summed E-state index contributed by atoms with van der Waals surface area (Å²) in [6.45, 7) is 0.261. The minimum absolute atomic E-state index is 0.261. The number of hydrogen-bond acceptors (Lipinski definition) is 6. The first kappa shape index (κ1) is 19.9. The Bertz CT molecular complexity index is 1160. The van der Waals surface area contributed by atoms with Gasteiger partial charge in [-0.1, -0.05) is 31.4 Å². The van der Waals surface area contributed by atoms with Gasteiger partial charge in [0.1, 0.15) is 5.75 Å². The zero-order chi connectivity index (χ0) is 21.0. The summed E-state index contributed by atoms with van der Waals surface area (Å²) in [5.41, 5.74) is 2.90. The van der Waals surface area contributed by atoms with Gasteiger partial charge in [0.15, 0.2) is 11.5 Å². The number of rotatable bonds is 5. The molecule has 0 bridgehead atoms. The standard InChI is InChI=1S/C24H25N3O3S/c1-28-21-10-6-5-9-19(21)20-15-31-24(26-18-7-3-2-4-8-18)27(20)25-14-17-11-12-22-23(13-17)30-16-29-22/h5-6,9-15,18H,2-4,7-8,16H2,1H3. The molecule has 7 heteroatoms. The summed E-state index contributed by atoms with van der Waals surface area (Å²) in [6, 6.07) is 14.2. The first-order valence-electron chi connectivity index (χ1n) is 10.6. The quantitative estimate of drug-likeness (QED) is 0.526. The summed E-state index contributed by atoms with van der Waals surface area (Å²) in [5, 5.41) is 6.94. The molecule has 0 atom stereocenters. The predicted octanol–water partition coefficient (Wildman–Crippen LogP) is 5.07. The van der Waals surface area contributed by atoms with Crippen LogP contribution in [0.25, 0.3) is 11.3 Å². The van der Waals surface area contributed by atoms with Crippen LogP contribution in [-0.4, -0.2) is 30.8 Å². The van der Waals surface area contributed by atoms with E-state index in [1.807, 2.05) is 47.3 Å². The number of aromatic nitrogens is 1. The molecule has 2 aliphatic rings. The number of thiazole rings is 1. The molecular weight excluding hydrogens is 410 g/mol. The molecule has 160 valence electrons. The van der Waals surface area contributed by atoms with E-state index < -0.39 is 0 Å². The zero-order valence-electron chi connectivity index (χ0n) is 17.5. The maximum absolute atomic E-state index is 5.61. The van der Waals surface area contributed by atoms with Crippen molar-refractivity contribution in [3.8, 4) is 28.5 Å². The van der Waals surface area contributed by atoms with Gasteiger partial charge in [0.25, 0.3) is 0 Å². The number of fused-ring (bicyclic) bond motifs is 1. The third kappa shape index (κ3) is 4.23. The lowest BCUT2D eigenvalue weighted by Crippen LogP contribution is -2.19. The van der Waals surface area contributed by atoms with Gasteiger partial charge in [-0.3, -0.25) is 4.99 Å². The molecule has 2 aromatic carbocycles. The number of benzene rings is 2. The molecule has 31 heavy (non-hydrogen) atoms. The van der Waals surface area contributed by atoms with Crippen LogP contribution in [0.4, 0.5) is 0 Å². The van der Waals surface area contributed by atoms with E-state index >= 15 is 0 Å². The Labute approximate surface area is 185 Å². The van der Waals surface area contributed by atoms with Gasteiger partial charge < -0.3 is 14.2 Å². The number of para-hydroxylation sites is 1. The van der Waals surface area contributed by atoms with Crippen LogP contribution in [-0.2, 0) is 0 Å². The fourth-order valence-corrected chi connectivity index (χ4v) is 4.93.